The van der Waals surface area contributed by atoms with Gasteiger partial charge in [0.2, 0.25) is 0 Å². The average Bonchev–Trinajstić information content (AvgIpc) is 3.22. The number of nitrogens with one attached hydrogen (secondary N) is 2. The second-order valence-corrected chi connectivity index (χ2v) is 6.28. The first-order valence-corrected chi connectivity index (χ1v) is 8.58. The molecule has 2 N–H and O–H groups in total. The predicted molar refractivity (Wildman–Crippen MR) is 105 cm³/mol. The summed E-state index contributed by atoms with van der Waals surface area (Å²) in [5.74, 6) is 1.50. The molecular weight excluding hydrogens is 346 g/mol. The minimum absolute atomic E-state index is 0.0508. The van der Waals surface area contributed by atoms with Crippen molar-refractivity contribution in [1.82, 2.24) is 23.7 Å². The highest BCUT2D eigenvalue weighted by Crippen LogP contribution is 2.23. The van der Waals surface area contributed by atoms with E-state index in [4.69, 9.17) is 4.74 Å². The van der Waals surface area contributed by atoms with Crippen LogP contribution in [0.4, 0.5) is 17.3 Å². The number of ether oxygens (including phenoxy) is 1. The first-order valence-electron chi connectivity index (χ1n) is 8.58. The fourth-order valence-electron chi connectivity index (χ4n) is 3.11. The third-order valence-electron chi connectivity index (χ3n) is 4.52. The number of nitrogens with zero attached hydrogens (tertiary/aromatic N) is 5. The molecular formula is C18H21N7O2. The van der Waals surface area contributed by atoms with Gasteiger partial charge in [-0.1, -0.05) is 0 Å². The Morgan fingerprint density at radius 3 is 2.74 bits per heavy atom. The van der Waals surface area contributed by atoms with Crippen LogP contribution in [-0.4, -0.2) is 44.0 Å². The topological polar surface area (TPSA) is 90.4 Å². The molecule has 0 radical (unpaired) electrons. The molecule has 0 saturated carbocycles. The van der Waals surface area contributed by atoms with Gasteiger partial charge in [0.15, 0.2) is 5.65 Å². The zero-order chi connectivity index (χ0) is 19.0. The van der Waals surface area contributed by atoms with Gasteiger partial charge in [0.1, 0.15) is 11.6 Å². The Labute approximate surface area is 155 Å². The van der Waals surface area contributed by atoms with Gasteiger partial charge in [-0.3, -0.25) is 9.13 Å². The number of hydrogen-bond acceptors (Lipinski definition) is 6. The molecule has 27 heavy (non-hydrogen) atoms. The van der Waals surface area contributed by atoms with Crippen molar-refractivity contribution in [2.24, 2.45) is 14.1 Å². The van der Waals surface area contributed by atoms with Crippen molar-refractivity contribution in [3.05, 3.63) is 47.0 Å². The fraction of sp³-hybridized carbons (Fsp3) is 0.278. The minimum atomic E-state index is -0.0508. The SMILES string of the molecule is COCCNc1cc(Nc2ccc3c(c2)n(C)c(=O)n3C)n2nccc2n1. The molecule has 3 heterocycles. The number of imidazole rings is 1. The molecule has 9 nitrogen and oxygen atoms in total. The Hall–Kier alpha value is -3.33. The van der Waals surface area contributed by atoms with Gasteiger partial charge in [-0.15, -0.1) is 0 Å². The summed E-state index contributed by atoms with van der Waals surface area (Å²) in [4.78, 5) is 16.7. The van der Waals surface area contributed by atoms with Crippen LogP contribution < -0.4 is 16.3 Å². The summed E-state index contributed by atoms with van der Waals surface area (Å²) in [7, 11) is 5.20. The molecule has 0 aliphatic rings. The second kappa shape index (κ2) is 6.76. The van der Waals surface area contributed by atoms with E-state index in [0.29, 0.717) is 13.2 Å². The number of rotatable bonds is 6. The first kappa shape index (κ1) is 17.1. The lowest BCUT2D eigenvalue weighted by Gasteiger charge is -2.12. The Morgan fingerprint density at radius 1 is 1.11 bits per heavy atom. The lowest BCUT2D eigenvalue weighted by atomic mass is 10.2. The van der Waals surface area contributed by atoms with Crippen LogP contribution in [0.2, 0.25) is 0 Å². The fourth-order valence-corrected chi connectivity index (χ4v) is 3.11. The molecule has 0 fully saturated rings. The van der Waals surface area contributed by atoms with Crippen LogP contribution in [0, 0.1) is 0 Å². The average molecular weight is 367 g/mol. The van der Waals surface area contributed by atoms with E-state index in [2.05, 4.69) is 20.7 Å². The maximum absolute atomic E-state index is 12.1. The summed E-state index contributed by atoms with van der Waals surface area (Å²) >= 11 is 0. The highest BCUT2D eigenvalue weighted by molar-refractivity contribution is 5.81. The van der Waals surface area contributed by atoms with Gasteiger partial charge in [-0.2, -0.15) is 9.61 Å². The van der Waals surface area contributed by atoms with Gasteiger partial charge in [-0.25, -0.2) is 9.78 Å². The van der Waals surface area contributed by atoms with Gasteiger partial charge in [0, 0.05) is 45.6 Å². The van der Waals surface area contributed by atoms with Gasteiger partial charge in [-0.05, 0) is 18.2 Å². The Balaban J connectivity index is 1.72. The molecule has 140 valence electrons. The Bertz CT molecular complexity index is 1170. The van der Waals surface area contributed by atoms with Crippen molar-refractivity contribution in [1.29, 1.82) is 0 Å². The monoisotopic (exact) mass is 367 g/mol. The van der Waals surface area contributed by atoms with E-state index in [-0.39, 0.29) is 5.69 Å². The normalized spacial score (nSPS) is 11.4. The zero-order valence-corrected chi connectivity index (χ0v) is 15.4. The Morgan fingerprint density at radius 2 is 1.93 bits per heavy atom. The molecule has 0 aliphatic carbocycles. The third-order valence-corrected chi connectivity index (χ3v) is 4.52. The summed E-state index contributed by atoms with van der Waals surface area (Å²) in [6.45, 7) is 1.25. The standard InChI is InChI=1S/C18H21N7O2/c1-23-13-5-4-12(10-14(13)24(2)18(23)26)21-17-11-15(19-8-9-27-3)22-16-6-7-20-25(16)17/h4-7,10-11,21H,8-9H2,1-3H3,(H,19,22). The van der Waals surface area contributed by atoms with E-state index in [1.165, 1.54) is 0 Å². The summed E-state index contributed by atoms with van der Waals surface area (Å²) in [5.41, 5.74) is 3.28. The van der Waals surface area contributed by atoms with E-state index >= 15 is 0 Å². The zero-order valence-electron chi connectivity index (χ0n) is 15.4. The van der Waals surface area contributed by atoms with Crippen molar-refractivity contribution < 1.29 is 4.74 Å². The highest BCUT2D eigenvalue weighted by atomic mass is 16.5. The van der Waals surface area contributed by atoms with Crippen molar-refractivity contribution >= 4 is 34.0 Å². The molecule has 4 aromatic rings. The van der Waals surface area contributed by atoms with Crippen LogP contribution in [-0.2, 0) is 18.8 Å². The predicted octanol–water partition coefficient (Wildman–Crippen LogP) is 1.72. The maximum Gasteiger partial charge on any atom is 0.328 e. The molecule has 3 aromatic heterocycles. The van der Waals surface area contributed by atoms with Crippen molar-refractivity contribution in [2.45, 2.75) is 0 Å². The van der Waals surface area contributed by atoms with Crippen LogP contribution in [0.1, 0.15) is 0 Å². The van der Waals surface area contributed by atoms with E-state index in [1.54, 1.807) is 41.1 Å². The second-order valence-electron chi connectivity index (χ2n) is 6.28. The van der Waals surface area contributed by atoms with E-state index in [1.807, 2.05) is 30.3 Å². The molecule has 1 aromatic carbocycles. The van der Waals surface area contributed by atoms with Crippen LogP contribution >= 0.6 is 0 Å². The third kappa shape index (κ3) is 3.02. The van der Waals surface area contributed by atoms with Crippen LogP contribution in [0.25, 0.3) is 16.7 Å². The maximum atomic E-state index is 12.1. The first-order chi connectivity index (χ1) is 13.1. The van der Waals surface area contributed by atoms with Crippen LogP contribution in [0.3, 0.4) is 0 Å². The molecule has 0 saturated heterocycles. The van der Waals surface area contributed by atoms with Crippen LogP contribution in [0.15, 0.2) is 41.3 Å². The quantitative estimate of drug-likeness (QED) is 0.505. The lowest BCUT2D eigenvalue weighted by Crippen LogP contribution is -2.19. The number of aryl methyl sites for hydroxylation is 2. The van der Waals surface area contributed by atoms with Crippen LogP contribution in [0.5, 0.6) is 0 Å². The van der Waals surface area contributed by atoms with Gasteiger partial charge >= 0.3 is 5.69 Å². The highest BCUT2D eigenvalue weighted by Gasteiger charge is 2.10. The Kier molecular flexibility index (Phi) is 4.28. The lowest BCUT2D eigenvalue weighted by molar-refractivity contribution is 0.210. The van der Waals surface area contributed by atoms with Gasteiger partial charge in [0.25, 0.3) is 0 Å². The molecule has 0 aliphatic heterocycles. The van der Waals surface area contributed by atoms with Crippen molar-refractivity contribution in [2.75, 3.05) is 30.9 Å². The number of aromatic nitrogens is 5. The number of fused-ring (bicyclic) bond motifs is 2. The molecule has 9 heteroatoms. The van der Waals surface area contributed by atoms with Crippen molar-refractivity contribution in [3.8, 4) is 0 Å². The van der Waals surface area contributed by atoms with E-state index in [0.717, 1.165) is 34.0 Å². The summed E-state index contributed by atoms with van der Waals surface area (Å²) in [5, 5.41) is 10.9. The van der Waals surface area contributed by atoms with Gasteiger partial charge in [0.05, 0.1) is 23.8 Å². The molecule has 0 bridgehead atoms. The summed E-state index contributed by atoms with van der Waals surface area (Å²) in [6.07, 6.45) is 1.70. The smallest absolute Gasteiger partial charge is 0.328 e. The van der Waals surface area contributed by atoms with E-state index < -0.39 is 0 Å². The van der Waals surface area contributed by atoms with Gasteiger partial charge < -0.3 is 15.4 Å². The molecule has 0 spiro atoms. The molecule has 0 unspecified atom stereocenters. The molecule has 0 atom stereocenters. The number of methoxy groups -OCH3 is 1. The minimum Gasteiger partial charge on any atom is -0.383 e. The van der Waals surface area contributed by atoms with E-state index in [9.17, 15) is 4.79 Å². The number of hydrogen-bond donors (Lipinski definition) is 2. The largest absolute Gasteiger partial charge is 0.383 e. The molecule has 4 rings (SSSR count). The van der Waals surface area contributed by atoms with Crippen molar-refractivity contribution in [3.63, 3.8) is 0 Å². The number of benzene rings is 1. The molecule has 0 amide bonds. The summed E-state index contributed by atoms with van der Waals surface area (Å²) in [6, 6.07) is 9.55. The summed E-state index contributed by atoms with van der Waals surface area (Å²) < 4.78 is 10.1. The number of anilines is 3.